The zero-order valence-corrected chi connectivity index (χ0v) is 20.5. The fourth-order valence-electron chi connectivity index (χ4n) is 3.94. The Balaban J connectivity index is 1.55. The Hall–Kier alpha value is -3.99. The first-order chi connectivity index (χ1) is 17.5. The number of aromatic amines is 1. The molecule has 4 rings (SSSR count). The molecule has 12 heteroatoms. The monoisotopic (exact) mass is 534 g/mol. The molecule has 0 saturated heterocycles. The Morgan fingerprint density at radius 1 is 1.14 bits per heavy atom. The SMILES string of the molecule is COC(=O)[C@](C)(Cc1c[nH]c2ccccc12)NC(=O)COc1cc(C(F)(F)F)nn1-c1ccccc1Cl. The first-order valence-electron chi connectivity index (χ1n) is 11.0. The van der Waals surface area contributed by atoms with E-state index in [4.69, 9.17) is 21.1 Å². The Morgan fingerprint density at radius 3 is 2.54 bits per heavy atom. The summed E-state index contributed by atoms with van der Waals surface area (Å²) in [4.78, 5) is 28.6. The van der Waals surface area contributed by atoms with Gasteiger partial charge in [-0.3, -0.25) is 4.79 Å². The lowest BCUT2D eigenvalue weighted by Crippen LogP contribution is -2.55. The maximum absolute atomic E-state index is 13.3. The molecule has 4 aromatic rings. The second kappa shape index (κ2) is 10.2. The van der Waals surface area contributed by atoms with E-state index in [-0.39, 0.29) is 23.0 Å². The first-order valence-corrected chi connectivity index (χ1v) is 11.4. The van der Waals surface area contributed by atoms with Gasteiger partial charge in [0.05, 0.1) is 17.8 Å². The number of amides is 1. The smallest absolute Gasteiger partial charge is 0.435 e. The number of carbonyl (C=O) groups is 2. The summed E-state index contributed by atoms with van der Waals surface area (Å²) in [5.74, 6) is -1.81. The first kappa shape index (κ1) is 26.1. The van der Waals surface area contributed by atoms with Gasteiger partial charge in [-0.15, -0.1) is 0 Å². The molecule has 1 atom stereocenters. The van der Waals surface area contributed by atoms with E-state index in [0.29, 0.717) is 6.07 Å². The largest absolute Gasteiger partial charge is 0.467 e. The van der Waals surface area contributed by atoms with Crippen molar-refractivity contribution in [3.05, 3.63) is 77.1 Å². The molecule has 2 heterocycles. The van der Waals surface area contributed by atoms with Crippen LogP contribution in [0.1, 0.15) is 18.2 Å². The summed E-state index contributed by atoms with van der Waals surface area (Å²) in [5.41, 5.74) is -0.959. The number of methoxy groups -OCH3 is 1. The molecule has 2 aromatic heterocycles. The topological polar surface area (TPSA) is 98.2 Å². The van der Waals surface area contributed by atoms with E-state index >= 15 is 0 Å². The molecule has 37 heavy (non-hydrogen) atoms. The number of alkyl halides is 3. The number of nitrogens with one attached hydrogen (secondary N) is 2. The molecule has 0 aliphatic heterocycles. The van der Waals surface area contributed by atoms with Gasteiger partial charge >= 0.3 is 12.1 Å². The minimum Gasteiger partial charge on any atom is -0.467 e. The predicted octanol–water partition coefficient (Wildman–Crippen LogP) is 4.70. The van der Waals surface area contributed by atoms with Crippen LogP contribution in [0.2, 0.25) is 5.02 Å². The highest BCUT2D eigenvalue weighted by Gasteiger charge is 2.38. The number of fused-ring (bicyclic) bond motifs is 1. The normalized spacial score (nSPS) is 13.2. The van der Waals surface area contributed by atoms with Crippen molar-refractivity contribution in [2.24, 2.45) is 0 Å². The van der Waals surface area contributed by atoms with Gasteiger partial charge in [0.25, 0.3) is 5.91 Å². The number of halogens is 4. The summed E-state index contributed by atoms with van der Waals surface area (Å²) in [7, 11) is 1.19. The van der Waals surface area contributed by atoms with E-state index in [1.807, 2.05) is 24.3 Å². The summed E-state index contributed by atoms with van der Waals surface area (Å²) < 4.78 is 51.2. The van der Waals surface area contributed by atoms with Crippen LogP contribution in [0.3, 0.4) is 0 Å². The molecule has 0 aliphatic carbocycles. The van der Waals surface area contributed by atoms with Crippen molar-refractivity contribution in [1.29, 1.82) is 0 Å². The zero-order chi connectivity index (χ0) is 26.8. The maximum Gasteiger partial charge on any atom is 0.435 e. The molecule has 1 amide bonds. The van der Waals surface area contributed by atoms with Gasteiger partial charge in [0.1, 0.15) is 5.54 Å². The molecule has 2 N–H and O–H groups in total. The molecule has 0 spiro atoms. The van der Waals surface area contributed by atoms with E-state index in [1.54, 1.807) is 18.3 Å². The molecule has 8 nitrogen and oxygen atoms in total. The van der Waals surface area contributed by atoms with Crippen LogP contribution in [0.5, 0.6) is 5.88 Å². The number of hydrogen-bond acceptors (Lipinski definition) is 5. The summed E-state index contributed by atoms with van der Waals surface area (Å²) >= 11 is 6.13. The van der Waals surface area contributed by atoms with Crippen molar-refractivity contribution in [2.45, 2.75) is 25.1 Å². The highest BCUT2D eigenvalue weighted by atomic mass is 35.5. The molecule has 0 radical (unpaired) electrons. The maximum atomic E-state index is 13.3. The van der Waals surface area contributed by atoms with Crippen LogP contribution in [0.4, 0.5) is 13.2 Å². The van der Waals surface area contributed by atoms with Crippen molar-refractivity contribution < 1.29 is 32.2 Å². The summed E-state index contributed by atoms with van der Waals surface area (Å²) in [6.07, 6.45) is -2.93. The lowest BCUT2D eigenvalue weighted by molar-refractivity contribution is -0.150. The quantitative estimate of drug-likeness (QED) is 0.319. The Labute approximate surface area is 214 Å². The van der Waals surface area contributed by atoms with E-state index in [1.165, 1.54) is 26.2 Å². The highest BCUT2D eigenvalue weighted by molar-refractivity contribution is 6.32. The molecular formula is C25H22ClF3N4O4. The van der Waals surface area contributed by atoms with Gasteiger partial charge in [-0.1, -0.05) is 41.9 Å². The van der Waals surface area contributed by atoms with E-state index in [2.05, 4.69) is 15.4 Å². The van der Waals surface area contributed by atoms with Gasteiger partial charge in [-0.05, 0) is 30.7 Å². The van der Waals surface area contributed by atoms with Crippen LogP contribution in [0, 0.1) is 0 Å². The molecule has 0 unspecified atom stereocenters. The second-order valence-corrected chi connectivity index (χ2v) is 8.83. The molecule has 0 saturated carbocycles. The van der Waals surface area contributed by atoms with Gasteiger partial charge in [-0.25, -0.2) is 4.79 Å². The third-order valence-corrected chi connectivity index (χ3v) is 5.99. The Morgan fingerprint density at radius 2 is 1.84 bits per heavy atom. The van der Waals surface area contributed by atoms with Gasteiger partial charge in [0.2, 0.25) is 5.88 Å². The number of para-hydroxylation sites is 2. The fourth-order valence-corrected chi connectivity index (χ4v) is 4.15. The molecular weight excluding hydrogens is 513 g/mol. The summed E-state index contributed by atoms with van der Waals surface area (Å²) in [6, 6.07) is 14.2. The van der Waals surface area contributed by atoms with E-state index in [0.717, 1.165) is 21.1 Å². The number of hydrogen-bond donors (Lipinski definition) is 2. The number of nitrogens with zero attached hydrogens (tertiary/aromatic N) is 2. The van der Waals surface area contributed by atoms with Crippen molar-refractivity contribution in [1.82, 2.24) is 20.1 Å². The minimum absolute atomic E-state index is 0.0885. The van der Waals surface area contributed by atoms with Gasteiger partial charge in [0.15, 0.2) is 12.3 Å². The average Bonchev–Trinajstić information content (AvgIpc) is 3.47. The fraction of sp³-hybridized carbons (Fsp3) is 0.240. The number of H-pyrrole nitrogens is 1. The van der Waals surface area contributed by atoms with E-state index < -0.39 is 35.9 Å². The third-order valence-electron chi connectivity index (χ3n) is 5.67. The lowest BCUT2D eigenvalue weighted by atomic mass is 9.92. The van der Waals surface area contributed by atoms with Crippen molar-refractivity contribution >= 4 is 34.4 Å². The number of esters is 1. The van der Waals surface area contributed by atoms with Crippen LogP contribution < -0.4 is 10.1 Å². The number of carbonyl (C=O) groups excluding carboxylic acids is 2. The number of aromatic nitrogens is 3. The van der Waals surface area contributed by atoms with Gasteiger partial charge in [-0.2, -0.15) is 23.0 Å². The van der Waals surface area contributed by atoms with Crippen molar-refractivity contribution in [3.63, 3.8) is 0 Å². The zero-order valence-electron chi connectivity index (χ0n) is 19.7. The predicted molar refractivity (Wildman–Crippen MR) is 130 cm³/mol. The van der Waals surface area contributed by atoms with Crippen molar-refractivity contribution in [2.75, 3.05) is 13.7 Å². The van der Waals surface area contributed by atoms with Crippen LogP contribution in [-0.2, 0) is 26.9 Å². The van der Waals surface area contributed by atoms with Crippen LogP contribution >= 0.6 is 11.6 Å². The van der Waals surface area contributed by atoms with Gasteiger partial charge < -0.3 is 19.8 Å². The molecule has 194 valence electrons. The summed E-state index contributed by atoms with van der Waals surface area (Å²) in [5, 5.41) is 7.15. The lowest BCUT2D eigenvalue weighted by Gasteiger charge is -2.28. The van der Waals surface area contributed by atoms with Crippen LogP contribution in [-0.4, -0.2) is 45.9 Å². The van der Waals surface area contributed by atoms with E-state index in [9.17, 15) is 22.8 Å². The van der Waals surface area contributed by atoms with Crippen molar-refractivity contribution in [3.8, 4) is 11.6 Å². The molecule has 2 aromatic carbocycles. The number of benzene rings is 2. The number of ether oxygens (including phenoxy) is 2. The Kier molecular flexibility index (Phi) is 7.17. The third kappa shape index (κ3) is 5.56. The number of rotatable bonds is 8. The average molecular weight is 535 g/mol. The van der Waals surface area contributed by atoms with Crippen LogP contribution in [0.25, 0.3) is 16.6 Å². The second-order valence-electron chi connectivity index (χ2n) is 8.43. The standard InChI is InChI=1S/C25H22ClF3N4O4/c1-24(23(35)36-2,12-15-13-30-18-9-5-3-7-16(15)18)31-21(34)14-37-22-11-20(25(27,28)29)32-33(22)19-10-6-4-8-17(19)26/h3-11,13,30H,12,14H2,1-2H3,(H,31,34)/t24-/m0/s1. The van der Waals surface area contributed by atoms with Crippen LogP contribution in [0.15, 0.2) is 60.8 Å². The molecule has 0 fully saturated rings. The minimum atomic E-state index is -4.75. The summed E-state index contributed by atoms with van der Waals surface area (Å²) in [6.45, 7) is 0.794. The molecule has 0 aliphatic rings. The van der Waals surface area contributed by atoms with Gasteiger partial charge in [0, 0.05) is 29.6 Å². The molecule has 0 bridgehead atoms. The Bertz CT molecular complexity index is 1450. The highest BCUT2D eigenvalue weighted by Crippen LogP contribution is 2.33.